The maximum atomic E-state index is 11.6. The number of hydrogen-bond acceptors (Lipinski definition) is 3. The zero-order valence-electron chi connectivity index (χ0n) is 8.31. The summed E-state index contributed by atoms with van der Waals surface area (Å²) in [4.78, 5) is 19.0. The first kappa shape index (κ1) is 8.91. The molecule has 0 radical (unpaired) electrons. The Morgan fingerprint density at radius 3 is 2.88 bits per heavy atom. The summed E-state index contributed by atoms with van der Waals surface area (Å²) in [6, 6.07) is 9.00. The minimum Gasteiger partial charge on any atom is -0.472 e. The summed E-state index contributed by atoms with van der Waals surface area (Å²) in [5.74, 6) is 0.538. The van der Waals surface area contributed by atoms with Crippen LogP contribution in [0.4, 0.5) is 0 Å². The molecule has 0 aliphatic carbocycles. The van der Waals surface area contributed by atoms with E-state index in [0.717, 1.165) is 11.0 Å². The molecular formula is C12H8N2O2. The number of hydrogen-bond donors (Lipinski definition) is 1. The highest BCUT2D eigenvalue weighted by Crippen LogP contribution is 2.16. The van der Waals surface area contributed by atoms with Crippen molar-refractivity contribution in [2.75, 3.05) is 0 Å². The van der Waals surface area contributed by atoms with Crippen LogP contribution in [-0.2, 0) is 0 Å². The van der Waals surface area contributed by atoms with Crippen LogP contribution in [-0.4, -0.2) is 9.97 Å². The molecule has 0 unspecified atom stereocenters. The van der Waals surface area contributed by atoms with Gasteiger partial charge in [0.05, 0.1) is 22.9 Å². The van der Waals surface area contributed by atoms with E-state index in [1.165, 1.54) is 18.6 Å². The zero-order valence-corrected chi connectivity index (χ0v) is 8.31. The predicted molar refractivity (Wildman–Crippen MR) is 60.1 cm³/mol. The van der Waals surface area contributed by atoms with Crippen molar-refractivity contribution in [3.63, 3.8) is 0 Å². The molecule has 2 heterocycles. The molecule has 0 saturated carbocycles. The van der Waals surface area contributed by atoms with E-state index >= 15 is 0 Å². The smallest absolute Gasteiger partial charge is 0.195 e. The van der Waals surface area contributed by atoms with Gasteiger partial charge in [0.15, 0.2) is 5.43 Å². The number of rotatable bonds is 1. The van der Waals surface area contributed by atoms with Gasteiger partial charge in [0, 0.05) is 6.07 Å². The predicted octanol–water partition coefficient (Wildman–Crippen LogP) is 2.18. The molecule has 0 fully saturated rings. The van der Waals surface area contributed by atoms with Gasteiger partial charge in [-0.1, -0.05) is 12.1 Å². The molecular weight excluding hydrogens is 204 g/mol. The van der Waals surface area contributed by atoms with E-state index in [0.29, 0.717) is 11.4 Å². The minimum absolute atomic E-state index is 0.106. The van der Waals surface area contributed by atoms with Crippen LogP contribution in [0, 0.1) is 0 Å². The Balaban J connectivity index is 2.27. The van der Waals surface area contributed by atoms with Gasteiger partial charge in [-0.3, -0.25) is 4.79 Å². The summed E-state index contributed by atoms with van der Waals surface area (Å²) in [5.41, 5.74) is 2.07. The summed E-state index contributed by atoms with van der Waals surface area (Å²) in [5, 5.41) is 0. The molecule has 2 aromatic heterocycles. The molecule has 78 valence electrons. The fourth-order valence-corrected chi connectivity index (χ4v) is 1.61. The third-order valence-corrected chi connectivity index (χ3v) is 2.39. The number of nitrogens with one attached hydrogen (secondary N) is 1. The molecule has 4 nitrogen and oxygen atoms in total. The average molecular weight is 212 g/mol. The van der Waals surface area contributed by atoms with Crippen molar-refractivity contribution in [1.29, 1.82) is 0 Å². The van der Waals surface area contributed by atoms with Gasteiger partial charge in [0.1, 0.15) is 12.1 Å². The molecule has 1 N–H and O–H groups in total. The lowest BCUT2D eigenvalue weighted by Gasteiger charge is -1.91. The maximum Gasteiger partial charge on any atom is 0.195 e. The lowest BCUT2D eigenvalue weighted by molar-refractivity contribution is 0.550. The number of aromatic nitrogens is 2. The quantitative estimate of drug-likeness (QED) is 0.672. The Hall–Kier alpha value is -2.36. The van der Waals surface area contributed by atoms with E-state index in [2.05, 4.69) is 9.97 Å². The van der Waals surface area contributed by atoms with Crippen molar-refractivity contribution < 1.29 is 4.42 Å². The van der Waals surface area contributed by atoms with Gasteiger partial charge in [-0.05, 0) is 12.1 Å². The molecule has 3 aromatic rings. The van der Waals surface area contributed by atoms with Crippen LogP contribution in [0.1, 0.15) is 0 Å². The third-order valence-electron chi connectivity index (χ3n) is 2.39. The maximum absolute atomic E-state index is 11.6. The summed E-state index contributed by atoms with van der Waals surface area (Å²) < 4.78 is 4.98. The van der Waals surface area contributed by atoms with Crippen molar-refractivity contribution in [3.8, 4) is 11.4 Å². The molecule has 1 aromatic carbocycles. The van der Waals surface area contributed by atoms with Crippen LogP contribution < -0.4 is 5.43 Å². The minimum atomic E-state index is -0.106. The van der Waals surface area contributed by atoms with Gasteiger partial charge in [0.2, 0.25) is 0 Å². The second-order valence-electron chi connectivity index (χ2n) is 3.44. The van der Waals surface area contributed by atoms with Crippen molar-refractivity contribution in [3.05, 3.63) is 53.1 Å². The molecule has 0 bridgehead atoms. The van der Waals surface area contributed by atoms with Gasteiger partial charge in [-0.2, -0.15) is 0 Å². The molecule has 0 amide bonds. The Bertz CT molecular complexity index is 664. The molecule has 0 aliphatic heterocycles. The highest BCUT2D eigenvalue weighted by atomic mass is 16.3. The monoisotopic (exact) mass is 212 g/mol. The fraction of sp³-hybridized carbons (Fsp3) is 0. The zero-order chi connectivity index (χ0) is 11.0. The Kier molecular flexibility index (Phi) is 1.86. The number of fused-ring (bicyclic) bond motifs is 1. The summed E-state index contributed by atoms with van der Waals surface area (Å²) >= 11 is 0. The highest BCUT2D eigenvalue weighted by Gasteiger charge is 2.08. The first-order valence-corrected chi connectivity index (χ1v) is 4.86. The van der Waals surface area contributed by atoms with Crippen molar-refractivity contribution in [1.82, 2.24) is 9.97 Å². The van der Waals surface area contributed by atoms with Crippen LogP contribution in [0.5, 0.6) is 0 Å². The summed E-state index contributed by atoms with van der Waals surface area (Å²) in [6.45, 7) is 0. The van der Waals surface area contributed by atoms with E-state index in [9.17, 15) is 4.79 Å². The number of para-hydroxylation sites is 2. The normalized spacial score (nSPS) is 10.8. The van der Waals surface area contributed by atoms with E-state index < -0.39 is 0 Å². The van der Waals surface area contributed by atoms with Crippen molar-refractivity contribution >= 4 is 11.0 Å². The van der Waals surface area contributed by atoms with E-state index in [1.807, 2.05) is 24.3 Å². The number of imidazole rings is 1. The van der Waals surface area contributed by atoms with Gasteiger partial charge in [0.25, 0.3) is 0 Å². The standard InChI is InChI=1S/C12H8N2O2/c15-11-5-6-16-7-8(11)12-13-9-3-1-2-4-10(9)14-12/h1-7H,(H,13,14). The highest BCUT2D eigenvalue weighted by molar-refractivity contribution is 5.78. The Morgan fingerprint density at radius 2 is 2.06 bits per heavy atom. The van der Waals surface area contributed by atoms with E-state index in [4.69, 9.17) is 4.42 Å². The van der Waals surface area contributed by atoms with E-state index in [-0.39, 0.29) is 5.43 Å². The molecule has 0 spiro atoms. The van der Waals surface area contributed by atoms with Gasteiger partial charge < -0.3 is 9.40 Å². The Labute approximate surface area is 90.6 Å². The first-order chi connectivity index (χ1) is 7.84. The van der Waals surface area contributed by atoms with Crippen molar-refractivity contribution in [2.45, 2.75) is 0 Å². The van der Waals surface area contributed by atoms with Gasteiger partial charge in [-0.15, -0.1) is 0 Å². The number of nitrogens with zero attached hydrogens (tertiary/aromatic N) is 1. The number of H-pyrrole nitrogens is 1. The van der Waals surface area contributed by atoms with Crippen molar-refractivity contribution in [2.24, 2.45) is 0 Å². The lowest BCUT2D eigenvalue weighted by Crippen LogP contribution is -2.01. The molecule has 16 heavy (non-hydrogen) atoms. The summed E-state index contributed by atoms with van der Waals surface area (Å²) in [6.07, 6.45) is 2.76. The van der Waals surface area contributed by atoms with Gasteiger partial charge in [-0.25, -0.2) is 4.98 Å². The number of aromatic amines is 1. The SMILES string of the molecule is O=c1ccocc1-c1nc2ccccc2[nH]1. The lowest BCUT2D eigenvalue weighted by atomic mass is 10.3. The second kappa shape index (κ2) is 3.34. The van der Waals surface area contributed by atoms with Crippen LogP contribution in [0.3, 0.4) is 0 Å². The third kappa shape index (κ3) is 1.32. The molecule has 4 heteroatoms. The molecule has 0 saturated heterocycles. The Morgan fingerprint density at radius 1 is 1.19 bits per heavy atom. The molecule has 0 aliphatic rings. The van der Waals surface area contributed by atoms with Gasteiger partial charge >= 0.3 is 0 Å². The first-order valence-electron chi connectivity index (χ1n) is 4.86. The summed E-state index contributed by atoms with van der Waals surface area (Å²) in [7, 11) is 0. The van der Waals surface area contributed by atoms with Crippen LogP contribution >= 0.6 is 0 Å². The molecule has 0 atom stereocenters. The van der Waals surface area contributed by atoms with E-state index in [1.54, 1.807) is 0 Å². The topological polar surface area (TPSA) is 58.9 Å². The second-order valence-corrected chi connectivity index (χ2v) is 3.44. The number of benzene rings is 1. The van der Waals surface area contributed by atoms with Crippen LogP contribution in [0.2, 0.25) is 0 Å². The molecule has 3 rings (SSSR count). The average Bonchev–Trinajstić information content (AvgIpc) is 2.73. The fourth-order valence-electron chi connectivity index (χ4n) is 1.61. The largest absolute Gasteiger partial charge is 0.472 e. The van der Waals surface area contributed by atoms with Crippen LogP contribution in [0.25, 0.3) is 22.4 Å². The van der Waals surface area contributed by atoms with Crippen LogP contribution in [0.15, 0.2) is 52.1 Å².